The van der Waals surface area contributed by atoms with Gasteiger partial charge in [-0.05, 0) is 38.5 Å². The summed E-state index contributed by atoms with van der Waals surface area (Å²) in [5.41, 5.74) is 5.07. The topological polar surface area (TPSA) is 81.4 Å². The number of methoxy groups -OCH3 is 1. The van der Waals surface area contributed by atoms with Crippen molar-refractivity contribution >= 4 is 11.8 Å². The SMILES string of the molecule is COCC(=O)NC12CCC(C(N)=O)(CC1)CC2. The largest absolute Gasteiger partial charge is 0.375 e. The fourth-order valence-electron chi connectivity index (χ4n) is 3.21. The zero-order chi connectivity index (χ0) is 12.5. The predicted octanol–water partition coefficient (Wildman–Crippen LogP) is 0.327. The summed E-state index contributed by atoms with van der Waals surface area (Å²) in [6.07, 6.45) is 4.96. The molecule has 5 nitrogen and oxygen atoms in total. The minimum atomic E-state index is -0.298. The summed E-state index contributed by atoms with van der Waals surface area (Å²) in [5.74, 6) is -0.241. The summed E-state index contributed by atoms with van der Waals surface area (Å²) in [7, 11) is 1.51. The second kappa shape index (κ2) is 4.29. The van der Waals surface area contributed by atoms with Crippen LogP contribution in [0.1, 0.15) is 38.5 Å². The molecule has 96 valence electrons. The van der Waals surface area contributed by atoms with Crippen molar-refractivity contribution in [3.63, 3.8) is 0 Å². The molecule has 0 aliphatic heterocycles. The Balaban J connectivity index is 1.99. The van der Waals surface area contributed by atoms with Crippen LogP contribution in [0.25, 0.3) is 0 Å². The van der Waals surface area contributed by atoms with Gasteiger partial charge in [-0.25, -0.2) is 0 Å². The normalized spacial score (nSPS) is 35.6. The van der Waals surface area contributed by atoms with E-state index < -0.39 is 0 Å². The van der Waals surface area contributed by atoms with Gasteiger partial charge in [-0.1, -0.05) is 0 Å². The zero-order valence-electron chi connectivity index (χ0n) is 10.3. The van der Waals surface area contributed by atoms with Crippen molar-refractivity contribution in [2.75, 3.05) is 13.7 Å². The number of carbonyl (C=O) groups excluding carboxylic acids is 2. The van der Waals surface area contributed by atoms with Crippen LogP contribution in [0, 0.1) is 5.41 Å². The molecule has 0 radical (unpaired) electrons. The average Bonchev–Trinajstić information content (AvgIpc) is 2.31. The molecule has 17 heavy (non-hydrogen) atoms. The van der Waals surface area contributed by atoms with Crippen LogP contribution in [0.15, 0.2) is 0 Å². The molecular formula is C12H20N2O3. The van der Waals surface area contributed by atoms with E-state index in [0.717, 1.165) is 38.5 Å². The lowest BCUT2D eigenvalue weighted by atomic mass is 9.57. The molecule has 2 amide bonds. The Morgan fingerprint density at radius 3 is 2.12 bits per heavy atom. The maximum absolute atomic E-state index is 11.6. The van der Waals surface area contributed by atoms with Gasteiger partial charge in [0.2, 0.25) is 11.8 Å². The van der Waals surface area contributed by atoms with Crippen LogP contribution in [0.5, 0.6) is 0 Å². The summed E-state index contributed by atoms with van der Waals surface area (Å²) in [6, 6.07) is 0. The summed E-state index contributed by atoms with van der Waals surface area (Å²) in [4.78, 5) is 23.1. The lowest BCUT2D eigenvalue weighted by Gasteiger charge is -2.52. The molecule has 5 heteroatoms. The van der Waals surface area contributed by atoms with Crippen LogP contribution in [-0.2, 0) is 14.3 Å². The number of carbonyl (C=O) groups is 2. The summed E-state index contributed by atoms with van der Waals surface area (Å²) >= 11 is 0. The third-order valence-corrected chi connectivity index (χ3v) is 4.45. The molecule has 0 unspecified atom stereocenters. The molecule has 0 atom stereocenters. The van der Waals surface area contributed by atoms with Gasteiger partial charge in [0.25, 0.3) is 0 Å². The van der Waals surface area contributed by atoms with Crippen molar-refractivity contribution in [2.24, 2.45) is 11.1 Å². The first kappa shape index (κ1) is 12.4. The quantitative estimate of drug-likeness (QED) is 0.743. The van der Waals surface area contributed by atoms with Gasteiger partial charge in [-0.3, -0.25) is 9.59 Å². The maximum atomic E-state index is 11.6. The summed E-state index contributed by atoms with van der Waals surface area (Å²) in [5, 5.41) is 3.06. The number of amides is 2. The molecule has 0 spiro atoms. The number of hydrogen-bond donors (Lipinski definition) is 2. The van der Waals surface area contributed by atoms with Crippen LogP contribution in [-0.4, -0.2) is 31.1 Å². The molecule has 3 aliphatic rings. The fraction of sp³-hybridized carbons (Fsp3) is 0.833. The van der Waals surface area contributed by atoms with Gasteiger partial charge >= 0.3 is 0 Å². The number of ether oxygens (including phenoxy) is 1. The van der Waals surface area contributed by atoms with Crippen LogP contribution >= 0.6 is 0 Å². The number of nitrogens with two attached hydrogens (primary N) is 1. The first-order valence-electron chi connectivity index (χ1n) is 6.12. The molecule has 2 bridgehead atoms. The molecule has 0 aromatic carbocycles. The second-order valence-electron chi connectivity index (χ2n) is 5.41. The minimum Gasteiger partial charge on any atom is -0.375 e. The van der Waals surface area contributed by atoms with Crippen molar-refractivity contribution in [1.29, 1.82) is 0 Å². The number of nitrogens with one attached hydrogen (secondary N) is 1. The lowest BCUT2D eigenvalue weighted by Crippen LogP contribution is -2.59. The molecular weight excluding hydrogens is 220 g/mol. The third-order valence-electron chi connectivity index (χ3n) is 4.45. The van der Waals surface area contributed by atoms with Gasteiger partial charge in [-0.2, -0.15) is 0 Å². The first-order chi connectivity index (χ1) is 8.02. The van der Waals surface area contributed by atoms with Gasteiger partial charge in [0.1, 0.15) is 6.61 Å². The molecule has 3 aliphatic carbocycles. The maximum Gasteiger partial charge on any atom is 0.246 e. The van der Waals surface area contributed by atoms with Gasteiger partial charge in [0.15, 0.2) is 0 Å². The molecule has 3 N–H and O–H groups in total. The van der Waals surface area contributed by atoms with Crippen LogP contribution < -0.4 is 11.1 Å². The van der Waals surface area contributed by atoms with Crippen LogP contribution in [0.2, 0.25) is 0 Å². The van der Waals surface area contributed by atoms with Gasteiger partial charge in [0.05, 0.1) is 0 Å². The molecule has 3 saturated carbocycles. The highest BCUT2D eigenvalue weighted by atomic mass is 16.5. The summed E-state index contributed by atoms with van der Waals surface area (Å²) < 4.78 is 4.82. The highest BCUT2D eigenvalue weighted by molar-refractivity contribution is 5.82. The van der Waals surface area contributed by atoms with E-state index in [9.17, 15) is 9.59 Å². The van der Waals surface area contributed by atoms with E-state index in [-0.39, 0.29) is 29.4 Å². The highest BCUT2D eigenvalue weighted by Crippen LogP contribution is 2.52. The summed E-state index contributed by atoms with van der Waals surface area (Å²) in [6.45, 7) is 0.0999. The van der Waals surface area contributed by atoms with E-state index in [1.807, 2.05) is 0 Å². The van der Waals surface area contributed by atoms with Gasteiger partial charge in [0, 0.05) is 18.1 Å². The predicted molar refractivity (Wildman–Crippen MR) is 62.1 cm³/mol. The van der Waals surface area contributed by atoms with Crippen molar-refractivity contribution < 1.29 is 14.3 Å². The van der Waals surface area contributed by atoms with Crippen LogP contribution in [0.4, 0.5) is 0 Å². The molecule has 0 aromatic heterocycles. The zero-order valence-corrected chi connectivity index (χ0v) is 10.3. The van der Waals surface area contributed by atoms with E-state index in [0.29, 0.717) is 0 Å². The van der Waals surface area contributed by atoms with E-state index >= 15 is 0 Å². The smallest absolute Gasteiger partial charge is 0.246 e. The first-order valence-corrected chi connectivity index (χ1v) is 6.12. The average molecular weight is 240 g/mol. The molecule has 0 saturated heterocycles. The van der Waals surface area contributed by atoms with Crippen LogP contribution in [0.3, 0.4) is 0 Å². The Hall–Kier alpha value is -1.10. The second-order valence-corrected chi connectivity index (χ2v) is 5.41. The van der Waals surface area contributed by atoms with E-state index in [2.05, 4.69) is 5.32 Å². The molecule has 3 rings (SSSR count). The Kier molecular flexibility index (Phi) is 3.12. The monoisotopic (exact) mass is 240 g/mol. The number of primary amides is 1. The Labute approximate surface area is 101 Å². The molecule has 0 aromatic rings. The van der Waals surface area contributed by atoms with Crippen molar-refractivity contribution in [2.45, 2.75) is 44.1 Å². The number of fused-ring (bicyclic) bond motifs is 3. The standard InChI is InChI=1S/C12H20N2O3/c1-17-8-9(15)14-12-5-2-11(3-6-12,4-7-12)10(13)16/h2-8H2,1H3,(H2,13,16)(H,14,15). The van der Waals surface area contributed by atoms with Crippen molar-refractivity contribution in [3.8, 4) is 0 Å². The van der Waals surface area contributed by atoms with Gasteiger partial charge in [-0.15, -0.1) is 0 Å². The molecule has 3 fully saturated rings. The Bertz CT molecular complexity index is 316. The third kappa shape index (κ3) is 2.16. The van der Waals surface area contributed by atoms with E-state index in [4.69, 9.17) is 10.5 Å². The lowest BCUT2D eigenvalue weighted by molar-refractivity contribution is -0.137. The number of rotatable bonds is 4. The number of hydrogen-bond acceptors (Lipinski definition) is 3. The van der Waals surface area contributed by atoms with Crippen molar-refractivity contribution in [1.82, 2.24) is 5.32 Å². The minimum absolute atomic E-state index is 0.0685. The van der Waals surface area contributed by atoms with E-state index in [1.165, 1.54) is 7.11 Å². The van der Waals surface area contributed by atoms with Gasteiger partial charge < -0.3 is 15.8 Å². The Morgan fingerprint density at radius 2 is 1.71 bits per heavy atom. The fourth-order valence-corrected chi connectivity index (χ4v) is 3.21. The highest BCUT2D eigenvalue weighted by Gasteiger charge is 2.52. The van der Waals surface area contributed by atoms with E-state index in [1.54, 1.807) is 0 Å². The Morgan fingerprint density at radius 1 is 1.18 bits per heavy atom. The van der Waals surface area contributed by atoms with Crippen molar-refractivity contribution in [3.05, 3.63) is 0 Å². The molecule has 0 heterocycles.